The molecule has 196 valence electrons. The summed E-state index contributed by atoms with van der Waals surface area (Å²) in [5.74, 6) is 0.180. The lowest BCUT2D eigenvalue weighted by atomic mass is 10.0. The predicted molar refractivity (Wildman–Crippen MR) is 152 cm³/mol. The van der Waals surface area contributed by atoms with Gasteiger partial charge in [-0.15, -0.1) is 16.8 Å². The number of benzene rings is 2. The Hall–Kier alpha value is -2.23. The summed E-state index contributed by atoms with van der Waals surface area (Å²) in [6.07, 6.45) is 2.32. The van der Waals surface area contributed by atoms with Gasteiger partial charge in [0.2, 0.25) is 5.91 Å². The van der Waals surface area contributed by atoms with Crippen LogP contribution in [0.4, 0.5) is 5.69 Å². The van der Waals surface area contributed by atoms with Gasteiger partial charge in [0.25, 0.3) is 5.91 Å². The number of aromatic nitrogens is 3. The summed E-state index contributed by atoms with van der Waals surface area (Å²) in [4.78, 5) is 25.6. The number of rotatable bonds is 11. The molecule has 0 radical (unpaired) electrons. The molecule has 1 aromatic heterocycles. The summed E-state index contributed by atoms with van der Waals surface area (Å²) < 4.78 is 1.83. The van der Waals surface area contributed by atoms with Crippen LogP contribution in [0.25, 0.3) is 0 Å². The molecule has 3 aromatic rings. The molecule has 1 atom stereocenters. The van der Waals surface area contributed by atoms with Gasteiger partial charge in [-0.3, -0.25) is 9.59 Å². The minimum atomic E-state index is -0.439. The topological polar surface area (TPSA) is 88.9 Å². The first-order chi connectivity index (χ1) is 17.6. The summed E-state index contributed by atoms with van der Waals surface area (Å²) in [5, 5.41) is 16.1. The van der Waals surface area contributed by atoms with E-state index in [4.69, 9.17) is 46.4 Å². The first kappa shape index (κ1) is 29.3. The van der Waals surface area contributed by atoms with Crippen molar-refractivity contribution in [2.75, 3.05) is 11.1 Å². The van der Waals surface area contributed by atoms with E-state index in [1.807, 2.05) is 4.57 Å². The van der Waals surface area contributed by atoms with Crippen LogP contribution in [-0.4, -0.2) is 32.3 Å². The molecular formula is C25H25Cl4N5O2S. The molecule has 2 amide bonds. The van der Waals surface area contributed by atoms with E-state index in [0.29, 0.717) is 39.6 Å². The molecular weight excluding hydrogens is 576 g/mol. The molecule has 0 aliphatic rings. The molecule has 37 heavy (non-hydrogen) atoms. The molecule has 0 bridgehead atoms. The van der Waals surface area contributed by atoms with Gasteiger partial charge in [0, 0.05) is 11.6 Å². The van der Waals surface area contributed by atoms with Gasteiger partial charge in [0.15, 0.2) is 11.0 Å². The highest BCUT2D eigenvalue weighted by molar-refractivity contribution is 7.99. The summed E-state index contributed by atoms with van der Waals surface area (Å²) in [6.45, 7) is 8.32. The van der Waals surface area contributed by atoms with Crippen molar-refractivity contribution in [2.45, 2.75) is 38.0 Å². The fourth-order valence-electron chi connectivity index (χ4n) is 3.51. The standard InChI is InChI=1S/C25H25Cl4N5O2S/c1-4-9-34-23(20(10-14(2)3)30-24(36)16-7-5-6-8-17(16)27)32-33-25(34)37-13-21(35)31-22-18(28)11-15(26)12-19(22)29/h4-8,11-12,14,20H,1,9-10,13H2,2-3H3,(H,30,36)(H,31,35)/t20-/m1/s1. The van der Waals surface area contributed by atoms with Crippen molar-refractivity contribution < 1.29 is 9.59 Å². The van der Waals surface area contributed by atoms with Crippen LogP contribution < -0.4 is 10.6 Å². The quantitative estimate of drug-likeness (QED) is 0.178. The second kappa shape index (κ2) is 13.5. The van der Waals surface area contributed by atoms with Crippen LogP contribution in [0, 0.1) is 5.92 Å². The minimum absolute atomic E-state index is 0.0192. The third-order valence-corrected chi connectivity index (χ3v) is 7.21. The van der Waals surface area contributed by atoms with Crippen molar-refractivity contribution in [1.82, 2.24) is 20.1 Å². The average molecular weight is 601 g/mol. The van der Waals surface area contributed by atoms with E-state index in [9.17, 15) is 9.59 Å². The molecule has 7 nitrogen and oxygen atoms in total. The average Bonchev–Trinajstić information content (AvgIpc) is 3.22. The number of amides is 2. The second-order valence-corrected chi connectivity index (χ2v) is 11.1. The predicted octanol–water partition coefficient (Wildman–Crippen LogP) is 7.33. The van der Waals surface area contributed by atoms with Crippen LogP contribution in [0.1, 0.15) is 42.5 Å². The zero-order chi connectivity index (χ0) is 27.1. The van der Waals surface area contributed by atoms with Gasteiger partial charge in [-0.2, -0.15) is 0 Å². The Kier molecular flexibility index (Phi) is 10.7. The summed E-state index contributed by atoms with van der Waals surface area (Å²) in [7, 11) is 0. The first-order valence-corrected chi connectivity index (χ1v) is 13.8. The zero-order valence-electron chi connectivity index (χ0n) is 20.1. The van der Waals surface area contributed by atoms with Crippen LogP contribution in [0.5, 0.6) is 0 Å². The number of halogens is 4. The van der Waals surface area contributed by atoms with Gasteiger partial charge in [0.05, 0.1) is 38.1 Å². The first-order valence-electron chi connectivity index (χ1n) is 11.3. The lowest BCUT2D eigenvalue weighted by Crippen LogP contribution is -2.32. The number of carbonyl (C=O) groups is 2. The molecule has 0 aliphatic carbocycles. The normalized spacial score (nSPS) is 11.9. The molecule has 12 heteroatoms. The van der Waals surface area contributed by atoms with E-state index in [2.05, 4.69) is 41.3 Å². The SMILES string of the molecule is C=CCn1c(SCC(=O)Nc2c(Cl)cc(Cl)cc2Cl)nnc1[C@@H](CC(C)C)NC(=O)c1ccccc1Cl. The summed E-state index contributed by atoms with van der Waals surface area (Å²) >= 11 is 25.7. The lowest BCUT2D eigenvalue weighted by molar-refractivity contribution is -0.113. The highest BCUT2D eigenvalue weighted by Crippen LogP contribution is 2.34. The number of carbonyl (C=O) groups excluding carboxylic acids is 2. The largest absolute Gasteiger partial charge is 0.342 e. The van der Waals surface area contributed by atoms with Gasteiger partial charge >= 0.3 is 0 Å². The van der Waals surface area contributed by atoms with E-state index in [0.717, 1.165) is 0 Å². The van der Waals surface area contributed by atoms with Crippen LogP contribution in [0.2, 0.25) is 20.1 Å². The Bertz CT molecular complexity index is 1270. The van der Waals surface area contributed by atoms with Crippen LogP contribution in [0.15, 0.2) is 54.2 Å². The molecule has 2 N–H and O–H groups in total. The monoisotopic (exact) mass is 599 g/mol. The van der Waals surface area contributed by atoms with Gasteiger partial charge in [0.1, 0.15) is 0 Å². The Morgan fingerprint density at radius 1 is 1.08 bits per heavy atom. The van der Waals surface area contributed by atoms with Crippen molar-refractivity contribution in [3.63, 3.8) is 0 Å². The maximum atomic E-state index is 13.0. The smallest absolute Gasteiger partial charge is 0.253 e. The van der Waals surface area contributed by atoms with Crippen molar-refractivity contribution in [3.8, 4) is 0 Å². The van der Waals surface area contributed by atoms with Crippen LogP contribution in [0.3, 0.4) is 0 Å². The molecule has 1 heterocycles. The Morgan fingerprint density at radius 2 is 1.76 bits per heavy atom. The molecule has 2 aromatic carbocycles. The van der Waals surface area contributed by atoms with Gasteiger partial charge < -0.3 is 15.2 Å². The van der Waals surface area contributed by atoms with Gasteiger partial charge in [-0.1, -0.05) is 90.2 Å². The van der Waals surface area contributed by atoms with Crippen molar-refractivity contribution in [1.29, 1.82) is 0 Å². The minimum Gasteiger partial charge on any atom is -0.342 e. The van der Waals surface area contributed by atoms with E-state index in [1.165, 1.54) is 23.9 Å². The Labute approximate surface area is 239 Å². The molecule has 0 aliphatic heterocycles. The number of hydrogen-bond donors (Lipinski definition) is 2. The lowest BCUT2D eigenvalue weighted by Gasteiger charge is -2.21. The maximum Gasteiger partial charge on any atom is 0.253 e. The third-order valence-electron chi connectivity index (χ3n) is 5.10. The summed E-state index contributed by atoms with van der Waals surface area (Å²) in [5.41, 5.74) is 0.657. The third kappa shape index (κ3) is 7.88. The Morgan fingerprint density at radius 3 is 2.38 bits per heavy atom. The van der Waals surface area contributed by atoms with Crippen LogP contribution >= 0.6 is 58.2 Å². The fraction of sp³-hybridized carbons (Fsp3) is 0.280. The van der Waals surface area contributed by atoms with E-state index < -0.39 is 6.04 Å². The molecule has 3 rings (SSSR count). The van der Waals surface area contributed by atoms with Crippen molar-refractivity contribution in [3.05, 3.63) is 80.5 Å². The molecule has 0 fully saturated rings. The number of hydrogen-bond acceptors (Lipinski definition) is 5. The van der Waals surface area contributed by atoms with Crippen molar-refractivity contribution >= 4 is 75.7 Å². The maximum absolute atomic E-state index is 13.0. The molecule has 0 saturated heterocycles. The Balaban J connectivity index is 1.79. The molecule has 0 saturated carbocycles. The number of thioether (sulfide) groups is 1. The van der Waals surface area contributed by atoms with E-state index in [1.54, 1.807) is 30.3 Å². The van der Waals surface area contributed by atoms with Crippen molar-refractivity contribution in [2.24, 2.45) is 5.92 Å². The number of nitrogens with zero attached hydrogens (tertiary/aromatic N) is 3. The highest BCUT2D eigenvalue weighted by atomic mass is 35.5. The van der Waals surface area contributed by atoms with E-state index >= 15 is 0 Å². The number of nitrogens with one attached hydrogen (secondary N) is 2. The van der Waals surface area contributed by atoms with Crippen LogP contribution in [-0.2, 0) is 11.3 Å². The number of allylic oxidation sites excluding steroid dienone is 1. The second-order valence-electron chi connectivity index (χ2n) is 8.46. The zero-order valence-corrected chi connectivity index (χ0v) is 23.9. The van der Waals surface area contributed by atoms with E-state index in [-0.39, 0.29) is 39.2 Å². The summed E-state index contributed by atoms with van der Waals surface area (Å²) in [6, 6.07) is 9.40. The fourth-order valence-corrected chi connectivity index (χ4v) is 5.40. The number of anilines is 1. The highest BCUT2D eigenvalue weighted by Gasteiger charge is 2.25. The van der Waals surface area contributed by atoms with Gasteiger partial charge in [-0.05, 0) is 36.6 Å². The molecule has 0 unspecified atom stereocenters. The van der Waals surface area contributed by atoms with Gasteiger partial charge in [-0.25, -0.2) is 0 Å². The molecule has 0 spiro atoms.